The lowest BCUT2D eigenvalue weighted by atomic mass is 10.0. The first-order valence-corrected chi connectivity index (χ1v) is 9.46. The monoisotopic (exact) mass is 365 g/mol. The molecule has 0 unspecified atom stereocenters. The van der Waals surface area contributed by atoms with Crippen molar-refractivity contribution >= 4 is 33.3 Å². The minimum Gasteiger partial charge on any atom is -0.364 e. The standard InChI is InChI=1S/C14H20ClNO2.CH4O3S/c1-4-11-7-6-8-12(5-2)14(11)16(10-18-3)13(17)9-15;1-5(2,3)4/h6-8H,4-5,9-10H2,1-3H3;1H3,(H,2,3,4). The minimum absolute atomic E-state index is 0.0371. The van der Waals surface area contributed by atoms with Crippen LogP contribution in [0.3, 0.4) is 0 Å². The van der Waals surface area contributed by atoms with E-state index in [1.807, 2.05) is 18.2 Å². The van der Waals surface area contributed by atoms with Gasteiger partial charge < -0.3 is 4.74 Å². The molecule has 0 saturated carbocycles. The van der Waals surface area contributed by atoms with Crippen LogP contribution in [0.2, 0.25) is 0 Å². The zero-order valence-electron chi connectivity index (χ0n) is 13.9. The maximum Gasteiger partial charge on any atom is 0.261 e. The van der Waals surface area contributed by atoms with Crippen LogP contribution in [0.5, 0.6) is 0 Å². The van der Waals surface area contributed by atoms with Gasteiger partial charge in [0.05, 0.1) is 11.9 Å². The van der Waals surface area contributed by atoms with Crippen LogP contribution in [0, 0.1) is 0 Å². The number of para-hydroxylation sites is 1. The van der Waals surface area contributed by atoms with Gasteiger partial charge in [0, 0.05) is 7.11 Å². The first-order chi connectivity index (χ1) is 10.7. The van der Waals surface area contributed by atoms with Crippen molar-refractivity contribution in [3.63, 3.8) is 0 Å². The van der Waals surface area contributed by atoms with Gasteiger partial charge in [-0.25, -0.2) is 0 Å². The quantitative estimate of drug-likeness (QED) is 0.475. The van der Waals surface area contributed by atoms with Crippen LogP contribution in [-0.4, -0.2) is 44.9 Å². The smallest absolute Gasteiger partial charge is 0.261 e. The maximum absolute atomic E-state index is 12.0. The molecule has 1 aromatic carbocycles. The van der Waals surface area contributed by atoms with Crippen molar-refractivity contribution in [2.75, 3.05) is 30.9 Å². The minimum atomic E-state index is -3.67. The van der Waals surface area contributed by atoms with Gasteiger partial charge >= 0.3 is 0 Å². The number of carbonyl (C=O) groups is 1. The Kier molecular flexibility index (Phi) is 10.1. The van der Waals surface area contributed by atoms with E-state index >= 15 is 0 Å². The largest absolute Gasteiger partial charge is 0.364 e. The van der Waals surface area contributed by atoms with Gasteiger partial charge in [-0.1, -0.05) is 32.0 Å². The van der Waals surface area contributed by atoms with E-state index in [4.69, 9.17) is 20.9 Å². The number of benzene rings is 1. The van der Waals surface area contributed by atoms with E-state index in [1.54, 1.807) is 12.0 Å². The van der Waals surface area contributed by atoms with Crippen LogP contribution in [-0.2, 0) is 32.5 Å². The Morgan fingerprint density at radius 2 is 1.70 bits per heavy atom. The van der Waals surface area contributed by atoms with E-state index in [0.29, 0.717) is 6.26 Å². The van der Waals surface area contributed by atoms with Crippen molar-refractivity contribution < 1.29 is 22.5 Å². The molecule has 1 rings (SSSR count). The molecule has 132 valence electrons. The summed E-state index contributed by atoms with van der Waals surface area (Å²) >= 11 is 5.68. The maximum atomic E-state index is 12.0. The fourth-order valence-corrected chi connectivity index (χ4v) is 2.17. The van der Waals surface area contributed by atoms with Crippen molar-refractivity contribution in [2.24, 2.45) is 0 Å². The molecule has 6 nitrogen and oxygen atoms in total. The van der Waals surface area contributed by atoms with Gasteiger partial charge in [-0.3, -0.25) is 14.2 Å². The lowest BCUT2D eigenvalue weighted by Crippen LogP contribution is -2.35. The average molecular weight is 366 g/mol. The van der Waals surface area contributed by atoms with Crippen LogP contribution in [0.4, 0.5) is 5.69 Å². The highest BCUT2D eigenvalue weighted by molar-refractivity contribution is 7.85. The zero-order chi connectivity index (χ0) is 18.0. The molecule has 0 fully saturated rings. The number of aryl methyl sites for hydroxylation is 2. The van der Waals surface area contributed by atoms with Gasteiger partial charge in [0.25, 0.3) is 10.1 Å². The third-order valence-corrected chi connectivity index (χ3v) is 3.14. The summed E-state index contributed by atoms with van der Waals surface area (Å²) in [7, 11) is -2.09. The van der Waals surface area contributed by atoms with Crippen molar-refractivity contribution in [1.29, 1.82) is 0 Å². The fourth-order valence-electron chi connectivity index (χ4n) is 2.02. The number of nitrogens with zero attached hydrogens (tertiary/aromatic N) is 1. The topological polar surface area (TPSA) is 83.9 Å². The Morgan fingerprint density at radius 1 is 1.26 bits per heavy atom. The number of halogens is 1. The molecular formula is C15H24ClNO5S. The summed E-state index contributed by atoms with van der Waals surface area (Å²) in [6.07, 6.45) is 2.46. The normalized spacial score (nSPS) is 10.7. The molecule has 0 radical (unpaired) electrons. The second-order valence-electron chi connectivity index (χ2n) is 4.74. The van der Waals surface area contributed by atoms with E-state index in [9.17, 15) is 13.2 Å². The molecule has 23 heavy (non-hydrogen) atoms. The van der Waals surface area contributed by atoms with Crippen molar-refractivity contribution in [3.05, 3.63) is 29.3 Å². The summed E-state index contributed by atoms with van der Waals surface area (Å²) in [5, 5.41) is 0. The predicted octanol–water partition coefficient (Wildman–Crippen LogP) is 2.49. The summed E-state index contributed by atoms with van der Waals surface area (Å²) in [5.41, 5.74) is 3.24. The number of hydrogen-bond acceptors (Lipinski definition) is 4. The number of ether oxygens (including phenoxy) is 1. The molecule has 0 aromatic heterocycles. The summed E-state index contributed by atoms with van der Waals surface area (Å²) in [5.74, 6) is -0.168. The summed E-state index contributed by atoms with van der Waals surface area (Å²) < 4.78 is 31.0. The van der Waals surface area contributed by atoms with Crippen LogP contribution >= 0.6 is 11.6 Å². The van der Waals surface area contributed by atoms with Gasteiger partial charge in [-0.2, -0.15) is 8.42 Å². The van der Waals surface area contributed by atoms with Crippen LogP contribution < -0.4 is 4.90 Å². The Hall–Kier alpha value is -1.15. The van der Waals surface area contributed by atoms with Gasteiger partial charge in [0.15, 0.2) is 0 Å². The van der Waals surface area contributed by atoms with Crippen LogP contribution in [0.15, 0.2) is 18.2 Å². The first kappa shape index (κ1) is 21.9. The second kappa shape index (κ2) is 10.6. The molecule has 0 aliphatic carbocycles. The molecule has 1 aromatic rings. The molecule has 0 atom stereocenters. The number of anilines is 1. The van der Waals surface area contributed by atoms with Crippen molar-refractivity contribution in [2.45, 2.75) is 26.7 Å². The number of alkyl halides is 1. The lowest BCUT2D eigenvalue weighted by Gasteiger charge is -2.26. The van der Waals surface area contributed by atoms with Crippen molar-refractivity contribution in [3.8, 4) is 0 Å². The average Bonchev–Trinajstić information content (AvgIpc) is 2.49. The Morgan fingerprint density at radius 3 is 2.00 bits per heavy atom. The zero-order valence-corrected chi connectivity index (χ0v) is 15.4. The van der Waals surface area contributed by atoms with E-state index in [1.165, 1.54) is 0 Å². The molecule has 0 aliphatic rings. The summed E-state index contributed by atoms with van der Waals surface area (Å²) in [6.45, 7) is 4.39. The molecule has 0 heterocycles. The molecule has 0 saturated heterocycles. The number of carbonyl (C=O) groups excluding carboxylic acids is 1. The van der Waals surface area contributed by atoms with E-state index in [-0.39, 0.29) is 18.5 Å². The van der Waals surface area contributed by atoms with E-state index < -0.39 is 10.1 Å². The molecule has 1 N–H and O–H groups in total. The van der Waals surface area contributed by atoms with Crippen LogP contribution in [0.25, 0.3) is 0 Å². The molecule has 0 aliphatic heterocycles. The fraction of sp³-hybridized carbons (Fsp3) is 0.533. The number of methoxy groups -OCH3 is 1. The number of amides is 1. The number of hydrogen-bond donors (Lipinski definition) is 1. The Bertz CT molecular complexity index is 574. The van der Waals surface area contributed by atoms with Gasteiger partial charge in [0.1, 0.15) is 12.6 Å². The van der Waals surface area contributed by atoms with Crippen molar-refractivity contribution in [1.82, 2.24) is 0 Å². The molecule has 8 heteroatoms. The highest BCUT2D eigenvalue weighted by atomic mass is 35.5. The predicted molar refractivity (Wildman–Crippen MR) is 92.8 cm³/mol. The molecule has 0 bridgehead atoms. The second-order valence-corrected chi connectivity index (χ2v) is 6.47. The lowest BCUT2D eigenvalue weighted by molar-refractivity contribution is -0.117. The van der Waals surface area contributed by atoms with Gasteiger partial charge in [-0.05, 0) is 24.0 Å². The summed E-state index contributed by atoms with van der Waals surface area (Å²) in [6, 6.07) is 6.11. The Balaban J connectivity index is 0.000000841. The van der Waals surface area contributed by atoms with Crippen LogP contribution in [0.1, 0.15) is 25.0 Å². The first-order valence-electron chi connectivity index (χ1n) is 7.07. The molecule has 1 amide bonds. The SMILES string of the molecule is CCc1cccc(CC)c1N(COC)C(=O)CCl.CS(=O)(=O)O. The Labute approximate surface area is 143 Å². The number of rotatable bonds is 6. The highest BCUT2D eigenvalue weighted by Gasteiger charge is 2.19. The molecular weight excluding hydrogens is 342 g/mol. The third-order valence-electron chi connectivity index (χ3n) is 2.91. The third kappa shape index (κ3) is 8.31. The highest BCUT2D eigenvalue weighted by Crippen LogP contribution is 2.27. The van der Waals surface area contributed by atoms with Gasteiger partial charge in [-0.15, -0.1) is 11.6 Å². The van der Waals surface area contributed by atoms with E-state index in [2.05, 4.69) is 13.8 Å². The van der Waals surface area contributed by atoms with Gasteiger partial charge in [0.2, 0.25) is 5.91 Å². The van der Waals surface area contributed by atoms with E-state index in [0.717, 1.165) is 29.7 Å². The molecule has 0 spiro atoms. The summed E-state index contributed by atoms with van der Waals surface area (Å²) in [4.78, 5) is 13.6.